The van der Waals surface area contributed by atoms with Crippen LogP contribution in [0.25, 0.3) is 0 Å². The molecule has 0 aromatic heterocycles. The van der Waals surface area contributed by atoms with Crippen LogP contribution < -0.4 is 20.1 Å². The molecular formula is C18H18ClN3O3. The quantitative estimate of drug-likeness (QED) is 0.788. The van der Waals surface area contributed by atoms with E-state index in [9.17, 15) is 4.79 Å². The van der Waals surface area contributed by atoms with Gasteiger partial charge >= 0.3 is 0 Å². The molecule has 0 atom stereocenters. The molecule has 130 valence electrons. The number of nitriles is 1. The second-order valence-corrected chi connectivity index (χ2v) is 5.44. The maximum absolute atomic E-state index is 12.2. The summed E-state index contributed by atoms with van der Waals surface area (Å²) < 4.78 is 10.7. The lowest BCUT2D eigenvalue weighted by molar-refractivity contribution is -0.114. The number of rotatable bonds is 7. The zero-order valence-electron chi connectivity index (χ0n) is 13.9. The molecule has 2 aromatic rings. The first-order chi connectivity index (χ1) is 12.1. The predicted octanol–water partition coefficient (Wildman–Crippen LogP) is 3.67. The Hall–Kier alpha value is -2.91. The number of nitrogens with one attached hydrogen (secondary N) is 2. The Morgan fingerprint density at radius 3 is 2.64 bits per heavy atom. The van der Waals surface area contributed by atoms with Crippen LogP contribution in [0.4, 0.5) is 11.4 Å². The van der Waals surface area contributed by atoms with Crippen LogP contribution in [0.5, 0.6) is 11.5 Å². The molecule has 0 bridgehead atoms. The van der Waals surface area contributed by atoms with Gasteiger partial charge in [0.2, 0.25) is 5.91 Å². The fourth-order valence-corrected chi connectivity index (χ4v) is 2.34. The van der Waals surface area contributed by atoms with Crippen LogP contribution in [-0.4, -0.2) is 26.2 Å². The number of benzene rings is 2. The van der Waals surface area contributed by atoms with Gasteiger partial charge in [-0.3, -0.25) is 4.79 Å². The predicted molar refractivity (Wildman–Crippen MR) is 97.4 cm³/mol. The molecule has 0 radical (unpaired) electrons. The average molecular weight is 360 g/mol. The molecule has 0 spiro atoms. The van der Waals surface area contributed by atoms with Crippen molar-refractivity contribution in [2.75, 3.05) is 30.9 Å². The second-order valence-electron chi connectivity index (χ2n) is 5.00. The highest BCUT2D eigenvalue weighted by Crippen LogP contribution is 2.28. The topological polar surface area (TPSA) is 83.4 Å². The summed E-state index contributed by atoms with van der Waals surface area (Å²) in [6.45, 7) is 2.33. The molecule has 2 rings (SSSR count). The molecule has 2 N–H and O–H groups in total. The summed E-state index contributed by atoms with van der Waals surface area (Å²) in [6.07, 6.45) is 0. The van der Waals surface area contributed by atoms with Crippen molar-refractivity contribution >= 4 is 28.9 Å². The summed E-state index contributed by atoms with van der Waals surface area (Å²) in [4.78, 5) is 12.2. The number of amides is 1. The molecule has 0 unspecified atom stereocenters. The fourth-order valence-electron chi connectivity index (χ4n) is 2.17. The Kier molecular flexibility index (Phi) is 6.49. The SMILES string of the molecule is CCOc1ccc(C#N)cc1NCC(=O)Nc1cc(Cl)ccc1OC. The van der Waals surface area contributed by atoms with Crippen molar-refractivity contribution in [1.82, 2.24) is 0 Å². The van der Waals surface area contributed by atoms with Gasteiger partial charge in [0.15, 0.2) is 0 Å². The highest BCUT2D eigenvalue weighted by molar-refractivity contribution is 6.31. The van der Waals surface area contributed by atoms with E-state index in [-0.39, 0.29) is 12.5 Å². The number of hydrogen-bond acceptors (Lipinski definition) is 5. The molecule has 0 saturated carbocycles. The van der Waals surface area contributed by atoms with Gasteiger partial charge in [-0.2, -0.15) is 5.26 Å². The van der Waals surface area contributed by atoms with Crippen molar-refractivity contribution < 1.29 is 14.3 Å². The van der Waals surface area contributed by atoms with Crippen LogP contribution in [-0.2, 0) is 4.79 Å². The maximum atomic E-state index is 12.2. The Balaban J connectivity index is 2.07. The van der Waals surface area contributed by atoms with Crippen LogP contribution in [0.15, 0.2) is 36.4 Å². The van der Waals surface area contributed by atoms with Gasteiger partial charge in [-0.15, -0.1) is 0 Å². The van der Waals surface area contributed by atoms with E-state index in [1.165, 1.54) is 7.11 Å². The third-order valence-corrected chi connectivity index (χ3v) is 3.52. The van der Waals surface area contributed by atoms with Gasteiger partial charge in [-0.1, -0.05) is 11.6 Å². The Bertz CT molecular complexity index is 803. The van der Waals surface area contributed by atoms with Crippen molar-refractivity contribution in [3.8, 4) is 17.6 Å². The summed E-state index contributed by atoms with van der Waals surface area (Å²) in [7, 11) is 1.51. The van der Waals surface area contributed by atoms with Crippen LogP contribution in [0.2, 0.25) is 5.02 Å². The second kappa shape index (κ2) is 8.81. The summed E-state index contributed by atoms with van der Waals surface area (Å²) in [5.74, 6) is 0.805. The van der Waals surface area contributed by atoms with Crippen molar-refractivity contribution in [2.45, 2.75) is 6.92 Å². The van der Waals surface area contributed by atoms with E-state index in [0.717, 1.165) is 0 Å². The molecule has 0 aliphatic heterocycles. The van der Waals surface area contributed by atoms with Crippen LogP contribution >= 0.6 is 11.6 Å². The number of carbonyl (C=O) groups excluding carboxylic acids is 1. The number of methoxy groups -OCH3 is 1. The number of nitrogens with zero attached hydrogens (tertiary/aromatic N) is 1. The van der Waals surface area contributed by atoms with Crippen LogP contribution in [0.3, 0.4) is 0 Å². The van der Waals surface area contributed by atoms with Crippen LogP contribution in [0, 0.1) is 11.3 Å². The van der Waals surface area contributed by atoms with Gasteiger partial charge < -0.3 is 20.1 Å². The number of carbonyl (C=O) groups is 1. The molecule has 0 aliphatic rings. The first-order valence-corrected chi connectivity index (χ1v) is 7.99. The van der Waals surface area contributed by atoms with E-state index < -0.39 is 0 Å². The first-order valence-electron chi connectivity index (χ1n) is 7.61. The Labute approximate surface area is 151 Å². The summed E-state index contributed by atoms with van der Waals surface area (Å²) in [6, 6.07) is 12.0. The van der Waals surface area contributed by atoms with Crippen LogP contribution in [0.1, 0.15) is 12.5 Å². The van der Waals surface area contributed by atoms with Gasteiger partial charge in [-0.05, 0) is 43.3 Å². The monoisotopic (exact) mass is 359 g/mol. The standard InChI is InChI=1S/C18H18ClN3O3/c1-3-25-17-6-4-12(10-20)8-14(17)21-11-18(23)22-15-9-13(19)5-7-16(15)24-2/h4-9,21H,3,11H2,1-2H3,(H,22,23). The minimum absolute atomic E-state index is 0.00930. The van der Waals surface area contributed by atoms with E-state index in [4.69, 9.17) is 26.3 Å². The number of hydrogen-bond donors (Lipinski definition) is 2. The van der Waals surface area contributed by atoms with Crippen molar-refractivity contribution in [2.24, 2.45) is 0 Å². The normalized spacial score (nSPS) is 9.84. The lowest BCUT2D eigenvalue weighted by Crippen LogP contribution is -2.22. The maximum Gasteiger partial charge on any atom is 0.243 e. The minimum Gasteiger partial charge on any atom is -0.495 e. The van der Waals surface area contributed by atoms with Crippen molar-refractivity contribution in [1.29, 1.82) is 5.26 Å². The van der Waals surface area contributed by atoms with Gasteiger partial charge in [0.05, 0.1) is 43.3 Å². The van der Waals surface area contributed by atoms with Crippen molar-refractivity contribution in [3.05, 3.63) is 47.0 Å². The minimum atomic E-state index is -0.287. The van der Waals surface area contributed by atoms with E-state index in [1.807, 2.05) is 6.92 Å². The highest BCUT2D eigenvalue weighted by atomic mass is 35.5. The van der Waals surface area contributed by atoms with Gasteiger partial charge in [-0.25, -0.2) is 0 Å². The fraction of sp³-hybridized carbons (Fsp3) is 0.222. The zero-order valence-corrected chi connectivity index (χ0v) is 14.7. The first kappa shape index (κ1) is 18.4. The molecule has 0 aliphatic carbocycles. The lowest BCUT2D eigenvalue weighted by Gasteiger charge is -2.14. The summed E-state index contributed by atoms with van der Waals surface area (Å²) >= 11 is 5.95. The largest absolute Gasteiger partial charge is 0.495 e. The third kappa shape index (κ3) is 5.03. The third-order valence-electron chi connectivity index (χ3n) is 3.28. The zero-order chi connectivity index (χ0) is 18.2. The van der Waals surface area contributed by atoms with Gasteiger partial charge in [0.25, 0.3) is 0 Å². The van der Waals surface area contributed by atoms with Gasteiger partial charge in [0, 0.05) is 5.02 Å². The van der Waals surface area contributed by atoms with E-state index >= 15 is 0 Å². The van der Waals surface area contributed by atoms with E-state index in [0.29, 0.717) is 40.1 Å². The molecule has 2 aromatic carbocycles. The van der Waals surface area contributed by atoms with Gasteiger partial charge in [0.1, 0.15) is 11.5 Å². The molecular weight excluding hydrogens is 342 g/mol. The molecule has 25 heavy (non-hydrogen) atoms. The highest BCUT2D eigenvalue weighted by Gasteiger charge is 2.10. The smallest absolute Gasteiger partial charge is 0.243 e. The number of halogens is 1. The van der Waals surface area contributed by atoms with E-state index in [1.54, 1.807) is 36.4 Å². The number of anilines is 2. The summed E-state index contributed by atoms with van der Waals surface area (Å²) in [5, 5.41) is 15.2. The number of ether oxygens (including phenoxy) is 2. The molecule has 0 fully saturated rings. The Morgan fingerprint density at radius 1 is 1.20 bits per heavy atom. The molecule has 0 saturated heterocycles. The lowest BCUT2D eigenvalue weighted by atomic mass is 10.2. The van der Waals surface area contributed by atoms with Crippen molar-refractivity contribution in [3.63, 3.8) is 0 Å². The molecule has 1 amide bonds. The average Bonchev–Trinajstić information content (AvgIpc) is 2.61. The van der Waals surface area contributed by atoms with E-state index in [2.05, 4.69) is 16.7 Å². The Morgan fingerprint density at radius 2 is 1.96 bits per heavy atom. The molecule has 7 heteroatoms. The molecule has 6 nitrogen and oxygen atoms in total. The molecule has 0 heterocycles. The summed E-state index contributed by atoms with van der Waals surface area (Å²) in [5.41, 5.74) is 1.54.